The Hall–Kier alpha value is -2.49. The molecular weight excluding hydrogens is 366 g/mol. The first-order chi connectivity index (χ1) is 14.2. The van der Waals surface area contributed by atoms with E-state index in [0.717, 1.165) is 68.3 Å². The second-order valence-electron chi connectivity index (χ2n) is 8.30. The highest BCUT2D eigenvalue weighted by atomic mass is 15.5. The first kappa shape index (κ1) is 18.5. The van der Waals surface area contributed by atoms with Crippen LogP contribution in [0.3, 0.4) is 0 Å². The molecule has 0 saturated carbocycles. The van der Waals surface area contributed by atoms with E-state index in [2.05, 4.69) is 31.7 Å². The van der Waals surface area contributed by atoms with E-state index in [1.54, 1.807) is 0 Å². The molecule has 5 heterocycles. The summed E-state index contributed by atoms with van der Waals surface area (Å²) in [6.45, 7) is 4.07. The van der Waals surface area contributed by atoms with Crippen LogP contribution >= 0.6 is 0 Å². The molecule has 1 atom stereocenters. The number of anilines is 3. The highest BCUT2D eigenvalue weighted by Crippen LogP contribution is 2.37. The number of hydrazine groups is 1. The summed E-state index contributed by atoms with van der Waals surface area (Å²) in [5.41, 5.74) is 21.9. The summed E-state index contributed by atoms with van der Waals surface area (Å²) in [4.78, 5) is 18.8. The molecule has 3 aliphatic rings. The lowest BCUT2D eigenvalue weighted by molar-refractivity contribution is 0.238. The van der Waals surface area contributed by atoms with Gasteiger partial charge in [0.15, 0.2) is 5.82 Å². The molecule has 2 aromatic rings. The maximum Gasteiger partial charge on any atom is 0.168 e. The van der Waals surface area contributed by atoms with E-state index in [1.165, 1.54) is 5.69 Å². The highest BCUT2D eigenvalue weighted by Gasteiger charge is 2.35. The number of hydrogen-bond acceptors (Lipinski definition) is 9. The molecule has 0 aliphatic carbocycles. The van der Waals surface area contributed by atoms with Crippen LogP contribution in [0.1, 0.15) is 36.8 Å². The maximum atomic E-state index is 5.97. The SMILES string of the molecule is NCC1(CN)CCN(c2cnc3c(n2)NNC3N2CCCc3ncccc32)CC1. The van der Waals surface area contributed by atoms with Crippen molar-refractivity contribution >= 4 is 17.3 Å². The highest BCUT2D eigenvalue weighted by molar-refractivity contribution is 5.59. The number of aryl methyl sites for hydroxylation is 1. The molecule has 9 heteroatoms. The van der Waals surface area contributed by atoms with Gasteiger partial charge in [0.2, 0.25) is 0 Å². The molecule has 0 bridgehead atoms. The van der Waals surface area contributed by atoms with Crippen LogP contribution in [0.5, 0.6) is 0 Å². The molecule has 1 saturated heterocycles. The van der Waals surface area contributed by atoms with Crippen LogP contribution in [0.4, 0.5) is 17.3 Å². The van der Waals surface area contributed by atoms with E-state index < -0.39 is 0 Å². The number of fused-ring (bicyclic) bond motifs is 2. The lowest BCUT2D eigenvalue weighted by atomic mass is 9.78. The van der Waals surface area contributed by atoms with Crippen molar-refractivity contribution < 1.29 is 0 Å². The van der Waals surface area contributed by atoms with Crippen LogP contribution in [0.25, 0.3) is 0 Å². The predicted octanol–water partition coefficient (Wildman–Crippen LogP) is 0.757. The van der Waals surface area contributed by atoms with Gasteiger partial charge in [-0.05, 0) is 56.3 Å². The molecule has 0 radical (unpaired) electrons. The molecule has 1 unspecified atom stereocenters. The Morgan fingerprint density at radius 3 is 2.76 bits per heavy atom. The molecule has 6 N–H and O–H groups in total. The van der Waals surface area contributed by atoms with Gasteiger partial charge in [0.25, 0.3) is 0 Å². The fourth-order valence-electron chi connectivity index (χ4n) is 4.66. The van der Waals surface area contributed by atoms with Gasteiger partial charge in [-0.2, -0.15) is 0 Å². The quantitative estimate of drug-likeness (QED) is 0.594. The van der Waals surface area contributed by atoms with Crippen molar-refractivity contribution in [1.29, 1.82) is 0 Å². The molecule has 2 aromatic heterocycles. The van der Waals surface area contributed by atoms with Gasteiger partial charge in [-0.25, -0.2) is 15.4 Å². The predicted molar refractivity (Wildman–Crippen MR) is 113 cm³/mol. The molecule has 9 nitrogen and oxygen atoms in total. The maximum absolute atomic E-state index is 5.97. The number of nitrogens with two attached hydrogens (primary N) is 2. The van der Waals surface area contributed by atoms with Crippen molar-refractivity contribution in [2.75, 3.05) is 47.9 Å². The summed E-state index contributed by atoms with van der Waals surface area (Å²) < 4.78 is 0. The molecule has 1 fully saturated rings. The lowest BCUT2D eigenvalue weighted by Crippen LogP contribution is -2.48. The van der Waals surface area contributed by atoms with Crippen molar-refractivity contribution in [3.05, 3.63) is 35.9 Å². The Bertz CT molecular complexity index is 872. The van der Waals surface area contributed by atoms with E-state index in [0.29, 0.717) is 13.1 Å². The molecule has 5 rings (SSSR count). The summed E-state index contributed by atoms with van der Waals surface area (Å²) in [6.07, 6.45) is 7.80. The number of rotatable bonds is 4. The van der Waals surface area contributed by atoms with Crippen LogP contribution in [-0.4, -0.2) is 47.7 Å². The Balaban J connectivity index is 1.35. The van der Waals surface area contributed by atoms with Gasteiger partial charge < -0.3 is 26.7 Å². The zero-order valence-corrected chi connectivity index (χ0v) is 16.6. The van der Waals surface area contributed by atoms with E-state index >= 15 is 0 Å². The zero-order valence-electron chi connectivity index (χ0n) is 16.6. The number of piperidine rings is 1. The van der Waals surface area contributed by atoms with Crippen LogP contribution in [0, 0.1) is 5.41 Å². The van der Waals surface area contributed by atoms with E-state index in [4.69, 9.17) is 21.4 Å². The third-order valence-electron chi connectivity index (χ3n) is 6.69. The molecule has 0 amide bonds. The van der Waals surface area contributed by atoms with Gasteiger partial charge in [-0.1, -0.05) is 0 Å². The molecule has 154 valence electrons. The summed E-state index contributed by atoms with van der Waals surface area (Å²) in [5.74, 6) is 1.71. The zero-order chi connectivity index (χ0) is 19.8. The number of pyridine rings is 1. The van der Waals surface area contributed by atoms with Crippen molar-refractivity contribution in [1.82, 2.24) is 20.4 Å². The fourth-order valence-corrected chi connectivity index (χ4v) is 4.66. The Morgan fingerprint density at radius 1 is 1.14 bits per heavy atom. The number of nitrogens with one attached hydrogen (secondary N) is 2. The van der Waals surface area contributed by atoms with E-state index in [9.17, 15) is 0 Å². The lowest BCUT2D eigenvalue weighted by Gasteiger charge is -2.40. The van der Waals surface area contributed by atoms with Crippen molar-refractivity contribution in [3.63, 3.8) is 0 Å². The van der Waals surface area contributed by atoms with Crippen LogP contribution < -0.4 is 32.1 Å². The van der Waals surface area contributed by atoms with E-state index in [-0.39, 0.29) is 11.6 Å². The van der Waals surface area contributed by atoms with Gasteiger partial charge >= 0.3 is 0 Å². The topological polar surface area (TPSA) is 121 Å². The van der Waals surface area contributed by atoms with E-state index in [1.807, 2.05) is 18.5 Å². The van der Waals surface area contributed by atoms with Crippen LogP contribution in [-0.2, 0) is 6.42 Å². The number of aromatic nitrogens is 3. The number of nitrogens with zero attached hydrogens (tertiary/aromatic N) is 5. The van der Waals surface area contributed by atoms with Gasteiger partial charge in [-0.3, -0.25) is 4.98 Å². The molecule has 3 aliphatic heterocycles. The molecular formula is C20H29N9. The average molecular weight is 396 g/mol. The van der Waals surface area contributed by atoms with Gasteiger partial charge in [0.1, 0.15) is 17.7 Å². The first-order valence-electron chi connectivity index (χ1n) is 10.5. The Kier molecular flexibility index (Phi) is 4.73. The third-order valence-corrected chi connectivity index (χ3v) is 6.69. The van der Waals surface area contributed by atoms with Crippen molar-refractivity contribution in [2.45, 2.75) is 31.8 Å². The second kappa shape index (κ2) is 7.40. The van der Waals surface area contributed by atoms with Gasteiger partial charge in [0.05, 0.1) is 17.6 Å². The fraction of sp³-hybridized carbons (Fsp3) is 0.550. The smallest absolute Gasteiger partial charge is 0.168 e. The molecule has 0 aromatic carbocycles. The molecule has 29 heavy (non-hydrogen) atoms. The Morgan fingerprint density at radius 2 is 1.97 bits per heavy atom. The normalized spacial score (nSPS) is 22.8. The number of hydrogen-bond donors (Lipinski definition) is 4. The first-order valence-corrected chi connectivity index (χ1v) is 10.5. The minimum atomic E-state index is -0.0433. The minimum absolute atomic E-state index is 0.0433. The second-order valence-corrected chi connectivity index (χ2v) is 8.30. The van der Waals surface area contributed by atoms with Crippen molar-refractivity contribution in [2.24, 2.45) is 16.9 Å². The summed E-state index contributed by atoms with van der Waals surface area (Å²) in [6, 6.07) is 4.13. The van der Waals surface area contributed by atoms with Gasteiger partial charge in [-0.15, -0.1) is 0 Å². The van der Waals surface area contributed by atoms with Crippen LogP contribution in [0.2, 0.25) is 0 Å². The van der Waals surface area contributed by atoms with Gasteiger partial charge in [0, 0.05) is 25.8 Å². The van der Waals surface area contributed by atoms with Crippen LogP contribution in [0.15, 0.2) is 24.5 Å². The summed E-state index contributed by atoms with van der Waals surface area (Å²) in [7, 11) is 0. The standard InChI is InChI=1S/C20H29N9/c21-12-20(13-22)5-9-28(10-6-20)16-11-24-17-18(25-16)26-27-19(17)29-8-2-3-14-15(29)4-1-7-23-14/h1,4,7,11,19,27H,2-3,5-6,8-10,12-13,21-22H2,(H,25,26). The largest absolute Gasteiger partial charge is 0.355 e. The minimum Gasteiger partial charge on any atom is -0.355 e. The summed E-state index contributed by atoms with van der Waals surface area (Å²) >= 11 is 0. The van der Waals surface area contributed by atoms with Crippen molar-refractivity contribution in [3.8, 4) is 0 Å². The molecule has 0 spiro atoms. The Labute approximate surface area is 170 Å². The average Bonchev–Trinajstić information content (AvgIpc) is 3.22. The monoisotopic (exact) mass is 395 g/mol. The third kappa shape index (κ3) is 3.19. The summed E-state index contributed by atoms with van der Waals surface area (Å²) in [5, 5.41) is 0.